The molecule has 0 bridgehead atoms. The van der Waals surface area contributed by atoms with E-state index in [2.05, 4.69) is 11.1 Å². The van der Waals surface area contributed by atoms with Crippen LogP contribution in [0.5, 0.6) is 0 Å². The van der Waals surface area contributed by atoms with Crippen LogP contribution in [-0.2, 0) is 12.8 Å². The van der Waals surface area contributed by atoms with Gasteiger partial charge in [0.2, 0.25) is 0 Å². The summed E-state index contributed by atoms with van der Waals surface area (Å²) in [5.41, 5.74) is 5.16. The number of H-pyrrole nitrogens is 1. The smallest absolute Gasteiger partial charge is 0.122 e. The molecule has 0 saturated heterocycles. The van der Waals surface area contributed by atoms with Gasteiger partial charge in [-0.25, -0.2) is 0 Å². The summed E-state index contributed by atoms with van der Waals surface area (Å²) >= 11 is 5.30. The Labute approximate surface area is 123 Å². The maximum atomic E-state index is 9.36. The van der Waals surface area contributed by atoms with Crippen molar-refractivity contribution in [1.29, 1.82) is 5.26 Å². The van der Waals surface area contributed by atoms with Gasteiger partial charge in [-0.1, -0.05) is 54.7 Å². The van der Waals surface area contributed by atoms with E-state index in [9.17, 15) is 5.26 Å². The van der Waals surface area contributed by atoms with Crippen LogP contribution in [0.15, 0.2) is 30.3 Å². The van der Waals surface area contributed by atoms with Crippen LogP contribution in [0.4, 0.5) is 0 Å². The molecule has 1 aliphatic carbocycles. The van der Waals surface area contributed by atoms with E-state index in [4.69, 9.17) is 12.2 Å². The largest absolute Gasteiger partial charge is 0.349 e. The topological polar surface area (TPSA) is 39.6 Å². The molecule has 1 N–H and O–H groups in total. The summed E-state index contributed by atoms with van der Waals surface area (Å²) in [6.07, 6.45) is 7.24. The van der Waals surface area contributed by atoms with Gasteiger partial charge in [-0.15, -0.1) is 0 Å². The normalized spacial score (nSPS) is 13.3. The third-order valence-electron chi connectivity index (χ3n) is 3.66. The lowest BCUT2D eigenvalue weighted by Gasteiger charge is -2.07. The summed E-state index contributed by atoms with van der Waals surface area (Å²) < 4.78 is 0.556. The van der Waals surface area contributed by atoms with E-state index >= 15 is 0 Å². The van der Waals surface area contributed by atoms with Crippen molar-refractivity contribution < 1.29 is 0 Å². The molecule has 0 atom stereocenters. The highest BCUT2D eigenvalue weighted by molar-refractivity contribution is 7.71. The molecule has 0 radical (unpaired) electrons. The average Bonchev–Trinajstić information content (AvgIpc) is 2.93. The Morgan fingerprint density at radius 2 is 1.95 bits per heavy atom. The van der Waals surface area contributed by atoms with Gasteiger partial charge < -0.3 is 4.98 Å². The highest BCUT2D eigenvalue weighted by atomic mass is 32.1. The fraction of sp³-hybridized carbons (Fsp3) is 0.176. The minimum Gasteiger partial charge on any atom is -0.349 e. The first-order valence-electron chi connectivity index (χ1n) is 6.71. The predicted octanol–water partition coefficient (Wildman–Crippen LogP) is 4.27. The third kappa shape index (κ3) is 2.31. The molecule has 20 heavy (non-hydrogen) atoms. The molecule has 2 nitrogen and oxygen atoms in total. The fourth-order valence-corrected chi connectivity index (χ4v) is 2.97. The molecule has 0 amide bonds. The van der Waals surface area contributed by atoms with Gasteiger partial charge in [-0.2, -0.15) is 5.26 Å². The van der Waals surface area contributed by atoms with Gasteiger partial charge in [-0.05, 0) is 30.4 Å². The maximum Gasteiger partial charge on any atom is 0.122 e. The zero-order valence-corrected chi connectivity index (χ0v) is 11.8. The second-order valence-electron chi connectivity index (χ2n) is 4.91. The Kier molecular flexibility index (Phi) is 3.49. The number of nitrogens with zero attached hydrogens (tertiary/aromatic N) is 1. The third-order valence-corrected chi connectivity index (χ3v) is 3.96. The van der Waals surface area contributed by atoms with Crippen LogP contribution >= 0.6 is 12.2 Å². The lowest BCUT2D eigenvalue weighted by molar-refractivity contribution is 0.898. The molecule has 0 spiro atoms. The minimum absolute atomic E-state index is 0.556. The van der Waals surface area contributed by atoms with Crippen LogP contribution in [-0.4, -0.2) is 4.98 Å². The van der Waals surface area contributed by atoms with Crippen molar-refractivity contribution in [1.82, 2.24) is 4.98 Å². The molecule has 2 aromatic rings. The average molecular weight is 278 g/mol. The van der Waals surface area contributed by atoms with Gasteiger partial charge >= 0.3 is 0 Å². The highest BCUT2D eigenvalue weighted by Gasteiger charge is 2.18. The first kappa shape index (κ1) is 12.8. The van der Waals surface area contributed by atoms with Crippen molar-refractivity contribution in [3.05, 3.63) is 62.9 Å². The zero-order valence-electron chi connectivity index (χ0n) is 11.0. The first-order chi connectivity index (χ1) is 9.79. The number of aromatic nitrogens is 1. The van der Waals surface area contributed by atoms with Crippen LogP contribution in [0.1, 0.15) is 34.4 Å². The van der Waals surface area contributed by atoms with Gasteiger partial charge in [0.25, 0.3) is 0 Å². The van der Waals surface area contributed by atoms with Crippen molar-refractivity contribution in [2.75, 3.05) is 0 Å². The van der Waals surface area contributed by atoms with Crippen molar-refractivity contribution in [3.8, 4) is 6.07 Å². The van der Waals surface area contributed by atoms with Gasteiger partial charge in [0.05, 0.1) is 5.56 Å². The number of rotatable bonds is 2. The second kappa shape index (κ2) is 5.44. The summed E-state index contributed by atoms with van der Waals surface area (Å²) in [6.45, 7) is 0. The monoisotopic (exact) mass is 278 g/mol. The molecule has 1 aromatic heterocycles. The summed E-state index contributed by atoms with van der Waals surface area (Å²) in [7, 11) is 0. The molecule has 98 valence electrons. The van der Waals surface area contributed by atoms with Crippen LogP contribution in [0.25, 0.3) is 12.2 Å². The van der Waals surface area contributed by atoms with Crippen molar-refractivity contribution in [2.24, 2.45) is 0 Å². The standard InChI is InChI=1S/C17H14N2S/c18-11-15-13(10-9-12-5-2-1-3-6-12)14-7-4-8-16(14)19-17(15)20/h1-3,5-6,9-10H,4,7-8H2,(H,19,20)/b10-9-. The van der Waals surface area contributed by atoms with Crippen LogP contribution in [0.3, 0.4) is 0 Å². The molecule has 0 aliphatic heterocycles. The van der Waals surface area contributed by atoms with Crippen LogP contribution in [0, 0.1) is 16.0 Å². The van der Waals surface area contributed by atoms with E-state index in [0.29, 0.717) is 10.2 Å². The number of pyridine rings is 1. The summed E-state index contributed by atoms with van der Waals surface area (Å²) in [4.78, 5) is 3.20. The maximum absolute atomic E-state index is 9.36. The van der Waals surface area contributed by atoms with Gasteiger partial charge in [0.1, 0.15) is 10.7 Å². The summed E-state index contributed by atoms with van der Waals surface area (Å²) in [5.74, 6) is 0. The molecule has 0 unspecified atom stereocenters. The number of aromatic amines is 1. The van der Waals surface area contributed by atoms with Crippen LogP contribution in [0.2, 0.25) is 0 Å². The lowest BCUT2D eigenvalue weighted by Crippen LogP contribution is -1.97. The Morgan fingerprint density at radius 1 is 1.15 bits per heavy atom. The zero-order chi connectivity index (χ0) is 13.9. The van der Waals surface area contributed by atoms with Crippen molar-refractivity contribution in [2.45, 2.75) is 19.3 Å². The summed E-state index contributed by atoms with van der Waals surface area (Å²) in [5, 5.41) is 9.36. The Bertz CT molecular complexity index is 764. The molecule has 1 aliphatic rings. The SMILES string of the molecule is N#Cc1c(/C=C\c2ccccc2)c2c([nH]c1=S)CCC2. The van der Waals surface area contributed by atoms with Crippen molar-refractivity contribution >= 4 is 24.4 Å². The van der Waals surface area contributed by atoms with E-state index in [1.54, 1.807) is 0 Å². The van der Waals surface area contributed by atoms with Crippen molar-refractivity contribution in [3.63, 3.8) is 0 Å². The number of aryl methyl sites for hydroxylation is 1. The molecule has 1 heterocycles. The fourth-order valence-electron chi connectivity index (χ4n) is 2.69. The first-order valence-corrected chi connectivity index (χ1v) is 7.11. The van der Waals surface area contributed by atoms with E-state index in [-0.39, 0.29) is 0 Å². The molecule has 3 heteroatoms. The number of hydrogen-bond acceptors (Lipinski definition) is 2. The number of benzene rings is 1. The molecule has 0 fully saturated rings. The molecule has 3 rings (SSSR count). The van der Waals surface area contributed by atoms with Crippen LogP contribution < -0.4 is 0 Å². The lowest BCUT2D eigenvalue weighted by atomic mass is 10.0. The van der Waals surface area contributed by atoms with E-state index in [0.717, 1.165) is 30.4 Å². The highest BCUT2D eigenvalue weighted by Crippen LogP contribution is 2.28. The number of nitriles is 1. The second-order valence-corrected chi connectivity index (χ2v) is 5.32. The Hall–Kier alpha value is -2.18. The predicted molar refractivity (Wildman–Crippen MR) is 83.7 cm³/mol. The number of hydrogen-bond donors (Lipinski definition) is 1. The van der Waals surface area contributed by atoms with E-state index in [1.165, 1.54) is 11.3 Å². The molecular weight excluding hydrogens is 264 g/mol. The number of fused-ring (bicyclic) bond motifs is 1. The van der Waals surface area contributed by atoms with Gasteiger partial charge in [0, 0.05) is 11.3 Å². The summed E-state index contributed by atoms with van der Waals surface area (Å²) in [6, 6.07) is 12.3. The molecule has 1 aromatic carbocycles. The Morgan fingerprint density at radius 3 is 2.70 bits per heavy atom. The quantitative estimate of drug-likeness (QED) is 0.833. The van der Waals surface area contributed by atoms with E-state index in [1.807, 2.05) is 42.5 Å². The number of nitrogens with one attached hydrogen (secondary N) is 1. The molecule has 0 saturated carbocycles. The van der Waals surface area contributed by atoms with Gasteiger partial charge in [0.15, 0.2) is 0 Å². The van der Waals surface area contributed by atoms with Gasteiger partial charge in [-0.3, -0.25) is 0 Å². The van der Waals surface area contributed by atoms with E-state index < -0.39 is 0 Å². The minimum atomic E-state index is 0.556. The Balaban J connectivity index is 2.12. The molecular formula is C17H14N2S.